The van der Waals surface area contributed by atoms with E-state index in [1.165, 1.54) is 11.4 Å². The number of thiophene rings is 1. The van der Waals surface area contributed by atoms with Gasteiger partial charge < -0.3 is 20.5 Å². The average Bonchev–Trinajstić information content (AvgIpc) is 2.95. The summed E-state index contributed by atoms with van der Waals surface area (Å²) in [6.07, 6.45) is -0.623. The Morgan fingerprint density at radius 3 is 2.50 bits per heavy atom. The van der Waals surface area contributed by atoms with Gasteiger partial charge in [-0.2, -0.15) is 0 Å². The van der Waals surface area contributed by atoms with E-state index < -0.39 is 41.0 Å². The highest BCUT2D eigenvalue weighted by Gasteiger charge is 2.59. The fourth-order valence-corrected chi connectivity index (χ4v) is 3.37. The first-order valence-electron chi connectivity index (χ1n) is 8.21. The number of halogens is 1. The molecule has 0 aliphatic heterocycles. The molecule has 0 bridgehead atoms. The van der Waals surface area contributed by atoms with E-state index in [0.29, 0.717) is 6.42 Å². The van der Waals surface area contributed by atoms with Gasteiger partial charge in [0.15, 0.2) is 0 Å². The molecule has 3 atom stereocenters. The number of nitrogens with one attached hydrogen (secondary N) is 2. The zero-order valence-electron chi connectivity index (χ0n) is 15.1. The Labute approximate surface area is 154 Å². The summed E-state index contributed by atoms with van der Waals surface area (Å²) in [7, 11) is 0. The van der Waals surface area contributed by atoms with Crippen LogP contribution in [0, 0.1) is 11.7 Å². The van der Waals surface area contributed by atoms with Crippen LogP contribution in [0.15, 0.2) is 11.4 Å². The van der Waals surface area contributed by atoms with Gasteiger partial charge in [0, 0.05) is 11.3 Å². The van der Waals surface area contributed by atoms with Crippen LogP contribution in [0.5, 0.6) is 0 Å². The molecule has 7 nitrogen and oxygen atoms in total. The molecule has 1 aliphatic carbocycles. The third-order valence-electron chi connectivity index (χ3n) is 4.13. The van der Waals surface area contributed by atoms with Crippen LogP contribution in [0.4, 0.5) is 9.18 Å². The third kappa shape index (κ3) is 4.72. The molecule has 2 rings (SSSR count). The minimum absolute atomic E-state index is 0.0986. The SMILES string of the molecule is C[C@H]1C[C@]1(NC(=O)C(Cc1sccc1F)NC(=O)OC(C)(C)C)C(=O)O. The molecule has 1 fully saturated rings. The van der Waals surface area contributed by atoms with Crippen LogP contribution in [-0.4, -0.2) is 40.3 Å². The second kappa shape index (κ2) is 7.22. The Morgan fingerprint density at radius 2 is 2.08 bits per heavy atom. The Hall–Kier alpha value is -2.16. The van der Waals surface area contributed by atoms with Crippen LogP contribution < -0.4 is 10.6 Å². The molecule has 26 heavy (non-hydrogen) atoms. The summed E-state index contributed by atoms with van der Waals surface area (Å²) in [4.78, 5) is 36.4. The Balaban J connectivity index is 2.14. The smallest absolute Gasteiger partial charge is 0.408 e. The number of carboxylic acids is 1. The van der Waals surface area contributed by atoms with Crippen molar-refractivity contribution in [3.8, 4) is 0 Å². The third-order valence-corrected chi connectivity index (χ3v) is 5.04. The van der Waals surface area contributed by atoms with E-state index in [1.807, 2.05) is 0 Å². The Morgan fingerprint density at radius 1 is 1.46 bits per heavy atom. The first-order valence-corrected chi connectivity index (χ1v) is 9.09. The van der Waals surface area contributed by atoms with E-state index in [9.17, 15) is 23.9 Å². The molecule has 0 radical (unpaired) electrons. The van der Waals surface area contributed by atoms with Crippen LogP contribution in [-0.2, 0) is 20.7 Å². The highest BCUT2D eigenvalue weighted by atomic mass is 32.1. The van der Waals surface area contributed by atoms with Crippen LogP contribution in [0.2, 0.25) is 0 Å². The first-order chi connectivity index (χ1) is 11.9. The van der Waals surface area contributed by atoms with Crippen LogP contribution in [0.1, 0.15) is 39.0 Å². The minimum atomic E-state index is -1.33. The summed E-state index contributed by atoms with van der Waals surface area (Å²) < 4.78 is 18.9. The van der Waals surface area contributed by atoms with Crippen molar-refractivity contribution >= 4 is 29.3 Å². The number of rotatable bonds is 6. The van der Waals surface area contributed by atoms with Gasteiger partial charge in [-0.15, -0.1) is 11.3 Å². The van der Waals surface area contributed by atoms with E-state index in [-0.39, 0.29) is 17.2 Å². The fourth-order valence-electron chi connectivity index (χ4n) is 2.57. The van der Waals surface area contributed by atoms with Gasteiger partial charge in [-0.3, -0.25) is 4.79 Å². The largest absolute Gasteiger partial charge is 0.479 e. The predicted octanol–water partition coefficient (Wildman–Crippen LogP) is 2.30. The maximum absolute atomic E-state index is 13.8. The molecule has 0 aromatic carbocycles. The van der Waals surface area contributed by atoms with E-state index >= 15 is 0 Å². The first kappa shape index (κ1) is 20.2. The van der Waals surface area contributed by atoms with Crippen LogP contribution in [0.25, 0.3) is 0 Å². The molecule has 2 amide bonds. The molecule has 144 valence electrons. The van der Waals surface area contributed by atoms with Gasteiger partial charge in [0.2, 0.25) is 5.91 Å². The van der Waals surface area contributed by atoms with Gasteiger partial charge in [-0.25, -0.2) is 14.0 Å². The van der Waals surface area contributed by atoms with Gasteiger partial charge in [0.25, 0.3) is 0 Å². The Kier molecular flexibility index (Phi) is 5.60. The number of hydrogen-bond donors (Lipinski definition) is 3. The van der Waals surface area contributed by atoms with Crippen molar-refractivity contribution in [2.24, 2.45) is 5.92 Å². The standard InChI is InChI=1S/C17H23FN2O5S/c1-9-8-17(9,14(22)23)20-13(21)11(7-12-10(18)5-6-26-12)19-15(24)25-16(2,3)4/h5-6,9,11H,7-8H2,1-4H3,(H,19,24)(H,20,21)(H,22,23)/t9-,11?,17+/m0/s1. The van der Waals surface area contributed by atoms with Gasteiger partial charge in [0.1, 0.15) is 23.0 Å². The number of alkyl carbamates (subject to hydrolysis) is 1. The average molecular weight is 386 g/mol. The second-order valence-corrected chi connectivity index (χ2v) is 8.47. The molecule has 0 saturated heterocycles. The molecule has 1 unspecified atom stereocenters. The normalized spacial score (nSPS) is 23.0. The highest BCUT2D eigenvalue weighted by molar-refractivity contribution is 7.09. The summed E-state index contributed by atoms with van der Waals surface area (Å²) in [6.45, 7) is 6.73. The molecule has 1 saturated carbocycles. The van der Waals surface area contributed by atoms with Gasteiger partial charge in [-0.1, -0.05) is 6.92 Å². The molecule has 1 aromatic rings. The summed E-state index contributed by atoms with van der Waals surface area (Å²) in [6, 6.07) is 0.117. The second-order valence-electron chi connectivity index (χ2n) is 7.47. The number of carboxylic acid groups (broad SMARTS) is 1. The lowest BCUT2D eigenvalue weighted by atomic mass is 10.1. The molecular formula is C17H23FN2O5S. The summed E-state index contributed by atoms with van der Waals surface area (Å²) in [5, 5.41) is 15.8. The van der Waals surface area contributed by atoms with Crippen molar-refractivity contribution in [3.05, 3.63) is 22.1 Å². The lowest BCUT2D eigenvalue weighted by Crippen LogP contribution is -2.54. The molecule has 1 aromatic heterocycles. The number of hydrogen-bond acceptors (Lipinski definition) is 5. The predicted molar refractivity (Wildman–Crippen MR) is 93.4 cm³/mol. The molecule has 1 heterocycles. The molecule has 1 aliphatic rings. The number of carbonyl (C=O) groups excluding carboxylic acids is 2. The highest BCUT2D eigenvalue weighted by Crippen LogP contribution is 2.43. The van der Waals surface area contributed by atoms with Crippen LogP contribution in [0.3, 0.4) is 0 Å². The monoisotopic (exact) mass is 386 g/mol. The molecule has 3 N–H and O–H groups in total. The van der Waals surface area contributed by atoms with E-state index in [2.05, 4.69) is 10.6 Å². The summed E-state index contributed by atoms with van der Waals surface area (Å²) in [5.41, 5.74) is -2.11. The van der Waals surface area contributed by atoms with Gasteiger partial charge in [0.05, 0.1) is 0 Å². The lowest BCUT2D eigenvalue weighted by molar-refractivity contribution is -0.143. The maximum atomic E-state index is 13.8. The minimum Gasteiger partial charge on any atom is -0.479 e. The lowest BCUT2D eigenvalue weighted by Gasteiger charge is -2.24. The van der Waals surface area contributed by atoms with Crippen molar-refractivity contribution in [1.82, 2.24) is 10.6 Å². The number of amides is 2. The van der Waals surface area contributed by atoms with Gasteiger partial charge >= 0.3 is 12.1 Å². The van der Waals surface area contributed by atoms with Crippen molar-refractivity contribution in [2.45, 2.75) is 57.7 Å². The zero-order valence-corrected chi connectivity index (χ0v) is 15.9. The van der Waals surface area contributed by atoms with Gasteiger partial charge in [-0.05, 0) is 44.6 Å². The molecule has 9 heteroatoms. The maximum Gasteiger partial charge on any atom is 0.408 e. The summed E-state index contributed by atoms with van der Waals surface area (Å²) in [5.74, 6) is -2.51. The fraction of sp³-hybridized carbons (Fsp3) is 0.588. The van der Waals surface area contributed by atoms with Crippen LogP contribution >= 0.6 is 11.3 Å². The number of ether oxygens (including phenoxy) is 1. The van der Waals surface area contributed by atoms with Crippen molar-refractivity contribution in [3.63, 3.8) is 0 Å². The van der Waals surface area contributed by atoms with Crippen molar-refractivity contribution in [1.29, 1.82) is 0 Å². The van der Waals surface area contributed by atoms with E-state index in [1.54, 1.807) is 27.7 Å². The van der Waals surface area contributed by atoms with Crippen molar-refractivity contribution < 1.29 is 28.6 Å². The Bertz CT molecular complexity index is 714. The van der Waals surface area contributed by atoms with E-state index in [4.69, 9.17) is 4.74 Å². The number of aliphatic carboxylic acids is 1. The molecule has 0 spiro atoms. The number of carbonyl (C=O) groups is 3. The molecular weight excluding hydrogens is 363 g/mol. The quantitative estimate of drug-likeness (QED) is 0.696. The topological polar surface area (TPSA) is 105 Å². The van der Waals surface area contributed by atoms with E-state index in [0.717, 1.165) is 11.3 Å². The van der Waals surface area contributed by atoms with Crippen molar-refractivity contribution in [2.75, 3.05) is 0 Å². The summed E-state index contributed by atoms with van der Waals surface area (Å²) >= 11 is 1.11. The zero-order chi connectivity index (χ0) is 19.7.